The van der Waals surface area contributed by atoms with Crippen LogP contribution in [-0.2, 0) is 10.0 Å². The number of benzene rings is 2. The van der Waals surface area contributed by atoms with Gasteiger partial charge in [0.2, 0.25) is 10.0 Å². The summed E-state index contributed by atoms with van der Waals surface area (Å²) in [6.45, 7) is 1.99. The molecular weight excluding hydrogens is 462 g/mol. The summed E-state index contributed by atoms with van der Waals surface area (Å²) in [4.78, 5) is 4.49. The largest absolute Gasteiger partial charge is 0.247 e. The zero-order valence-electron chi connectivity index (χ0n) is 15.2. The van der Waals surface area contributed by atoms with Gasteiger partial charge in [-0.1, -0.05) is 51.8 Å². The first-order chi connectivity index (χ1) is 13.2. The molecule has 0 saturated carbocycles. The molecule has 28 heavy (non-hydrogen) atoms. The van der Waals surface area contributed by atoms with Gasteiger partial charge in [0.05, 0.1) is 23.5 Å². The molecule has 5 nitrogen and oxygen atoms in total. The summed E-state index contributed by atoms with van der Waals surface area (Å²) < 4.78 is 26.9. The lowest BCUT2D eigenvalue weighted by atomic mass is 9.99. The zero-order chi connectivity index (χ0) is 20.1. The van der Waals surface area contributed by atoms with Crippen molar-refractivity contribution >= 4 is 54.2 Å². The van der Waals surface area contributed by atoms with E-state index in [9.17, 15) is 8.42 Å². The van der Waals surface area contributed by atoms with Crippen molar-refractivity contribution in [3.63, 3.8) is 0 Å². The molecule has 0 radical (unpaired) electrons. The first-order valence-corrected chi connectivity index (χ1v) is 11.6. The molecule has 0 saturated heterocycles. The Morgan fingerprint density at radius 2 is 1.86 bits per heavy atom. The van der Waals surface area contributed by atoms with Crippen molar-refractivity contribution in [3.05, 3.63) is 74.8 Å². The molecule has 3 aromatic rings. The number of hydrazone groups is 1. The Kier molecular flexibility index (Phi) is 4.93. The number of aromatic nitrogens is 1. The molecule has 1 atom stereocenters. The van der Waals surface area contributed by atoms with Crippen LogP contribution in [0.2, 0.25) is 5.15 Å². The summed E-state index contributed by atoms with van der Waals surface area (Å²) in [6, 6.07) is 14.9. The highest BCUT2D eigenvalue weighted by atomic mass is 79.9. The van der Waals surface area contributed by atoms with Crippen LogP contribution in [0.25, 0.3) is 10.9 Å². The summed E-state index contributed by atoms with van der Waals surface area (Å²) >= 11 is 9.89. The Morgan fingerprint density at radius 1 is 1.14 bits per heavy atom. The lowest BCUT2D eigenvalue weighted by molar-refractivity contribution is 0.374. The number of fused-ring (bicyclic) bond motifs is 1. The van der Waals surface area contributed by atoms with Gasteiger partial charge in [0.15, 0.2) is 0 Å². The smallest absolute Gasteiger partial charge is 0.236 e. The number of aryl methyl sites for hydroxylation is 1. The van der Waals surface area contributed by atoms with Gasteiger partial charge in [-0.2, -0.15) is 9.52 Å². The molecule has 1 aliphatic rings. The second kappa shape index (κ2) is 7.13. The van der Waals surface area contributed by atoms with E-state index in [1.165, 1.54) is 0 Å². The van der Waals surface area contributed by atoms with Crippen molar-refractivity contribution in [2.24, 2.45) is 5.10 Å². The van der Waals surface area contributed by atoms with Crippen molar-refractivity contribution in [1.29, 1.82) is 0 Å². The van der Waals surface area contributed by atoms with Gasteiger partial charge in [0.1, 0.15) is 5.15 Å². The van der Waals surface area contributed by atoms with Crippen LogP contribution in [0.15, 0.2) is 58.1 Å². The van der Waals surface area contributed by atoms with Crippen molar-refractivity contribution < 1.29 is 8.42 Å². The zero-order valence-corrected chi connectivity index (χ0v) is 18.4. The van der Waals surface area contributed by atoms with E-state index < -0.39 is 16.1 Å². The number of rotatable bonds is 3. The van der Waals surface area contributed by atoms with Crippen molar-refractivity contribution in [3.8, 4) is 0 Å². The fourth-order valence-electron chi connectivity index (χ4n) is 3.35. The summed E-state index contributed by atoms with van der Waals surface area (Å²) in [6.07, 6.45) is 1.58. The Balaban J connectivity index is 1.80. The SMILES string of the molecule is Cc1ccc2cc([C@@H]3CC(c4ccc(Br)cc4)=NN3S(C)(=O)=O)c(Cl)nc2c1. The average molecular weight is 479 g/mol. The van der Waals surface area contributed by atoms with Gasteiger partial charge in [-0.25, -0.2) is 13.4 Å². The molecule has 0 spiro atoms. The molecule has 2 heterocycles. The maximum Gasteiger partial charge on any atom is 0.247 e. The summed E-state index contributed by atoms with van der Waals surface area (Å²) in [5, 5.41) is 5.62. The van der Waals surface area contributed by atoms with Crippen LogP contribution in [0.5, 0.6) is 0 Å². The van der Waals surface area contributed by atoms with Crippen LogP contribution >= 0.6 is 27.5 Å². The predicted molar refractivity (Wildman–Crippen MR) is 116 cm³/mol. The molecule has 144 valence electrons. The van der Waals surface area contributed by atoms with Crippen LogP contribution < -0.4 is 0 Å². The van der Waals surface area contributed by atoms with Crippen LogP contribution in [-0.4, -0.2) is 29.8 Å². The second-order valence-electron chi connectivity index (χ2n) is 6.87. The molecule has 4 rings (SSSR count). The van der Waals surface area contributed by atoms with Crippen LogP contribution in [0.4, 0.5) is 0 Å². The van der Waals surface area contributed by atoms with E-state index >= 15 is 0 Å². The van der Waals surface area contributed by atoms with Crippen LogP contribution in [0.1, 0.15) is 29.2 Å². The Labute approximate surface area is 177 Å². The number of hydrogen-bond donors (Lipinski definition) is 0. The first kappa shape index (κ1) is 19.4. The third-order valence-corrected chi connectivity index (χ3v) is 6.55. The number of pyridine rings is 1. The van der Waals surface area contributed by atoms with E-state index in [0.717, 1.165) is 37.2 Å². The molecule has 0 N–H and O–H groups in total. The van der Waals surface area contributed by atoms with Gasteiger partial charge in [0.25, 0.3) is 0 Å². The molecule has 0 unspecified atom stereocenters. The fourth-order valence-corrected chi connectivity index (χ4v) is 4.78. The van der Waals surface area contributed by atoms with E-state index in [0.29, 0.717) is 22.8 Å². The minimum Gasteiger partial charge on any atom is -0.236 e. The fraction of sp³-hybridized carbons (Fsp3) is 0.200. The normalized spacial score (nSPS) is 17.2. The minimum atomic E-state index is -3.58. The molecule has 0 aliphatic carbocycles. The number of sulfonamides is 1. The van der Waals surface area contributed by atoms with Gasteiger partial charge in [-0.05, 0) is 42.3 Å². The van der Waals surface area contributed by atoms with Gasteiger partial charge < -0.3 is 0 Å². The molecule has 2 aromatic carbocycles. The quantitative estimate of drug-likeness (QED) is 0.494. The van der Waals surface area contributed by atoms with Crippen molar-refractivity contribution in [2.75, 3.05) is 6.26 Å². The van der Waals surface area contributed by atoms with E-state index in [1.54, 1.807) is 0 Å². The van der Waals surface area contributed by atoms with E-state index in [1.807, 2.05) is 55.5 Å². The number of nitrogens with zero attached hydrogens (tertiary/aromatic N) is 3. The molecular formula is C20H17BrClN3O2S. The summed E-state index contributed by atoms with van der Waals surface area (Å²) in [5.41, 5.74) is 4.09. The highest BCUT2D eigenvalue weighted by molar-refractivity contribution is 9.10. The monoisotopic (exact) mass is 477 g/mol. The van der Waals surface area contributed by atoms with Crippen molar-refractivity contribution in [1.82, 2.24) is 9.40 Å². The Morgan fingerprint density at radius 3 is 2.54 bits per heavy atom. The standard InChI is InChI=1S/C20H17BrClN3O2S/c1-12-3-4-14-10-16(20(22)23-17(14)9-12)19-11-18(24-25(19)28(2,26)27)13-5-7-15(21)8-6-13/h3-10,19H,11H2,1-2H3/t19-/m0/s1. The summed E-state index contributed by atoms with van der Waals surface area (Å²) in [5.74, 6) is 0. The molecule has 0 fully saturated rings. The molecule has 0 amide bonds. The maximum atomic E-state index is 12.4. The second-order valence-corrected chi connectivity index (χ2v) is 9.99. The molecule has 1 aliphatic heterocycles. The van der Waals surface area contributed by atoms with E-state index in [-0.39, 0.29) is 0 Å². The number of hydrogen-bond acceptors (Lipinski definition) is 4. The third kappa shape index (κ3) is 3.66. The highest BCUT2D eigenvalue weighted by Crippen LogP contribution is 2.38. The minimum absolute atomic E-state index is 0.295. The molecule has 1 aromatic heterocycles. The summed E-state index contributed by atoms with van der Waals surface area (Å²) in [7, 11) is -3.58. The Bertz CT molecular complexity index is 1210. The van der Waals surface area contributed by atoms with Crippen molar-refractivity contribution in [2.45, 2.75) is 19.4 Å². The van der Waals surface area contributed by atoms with Gasteiger partial charge >= 0.3 is 0 Å². The van der Waals surface area contributed by atoms with Gasteiger partial charge in [-0.15, -0.1) is 0 Å². The lowest BCUT2D eigenvalue weighted by Gasteiger charge is -2.22. The maximum absolute atomic E-state index is 12.4. The van der Waals surface area contributed by atoms with E-state index in [4.69, 9.17) is 11.6 Å². The lowest BCUT2D eigenvalue weighted by Crippen LogP contribution is -2.26. The molecule has 0 bridgehead atoms. The average Bonchev–Trinajstić information content (AvgIpc) is 3.07. The van der Waals surface area contributed by atoms with Gasteiger partial charge in [-0.3, -0.25) is 0 Å². The van der Waals surface area contributed by atoms with Gasteiger partial charge in [0, 0.05) is 21.8 Å². The Hall–Kier alpha value is -1.96. The van der Waals surface area contributed by atoms with Crippen LogP contribution in [0.3, 0.4) is 0 Å². The van der Waals surface area contributed by atoms with Crippen LogP contribution in [0, 0.1) is 6.92 Å². The first-order valence-electron chi connectivity index (χ1n) is 8.62. The number of halogens is 2. The topological polar surface area (TPSA) is 62.6 Å². The third-order valence-electron chi connectivity index (χ3n) is 4.70. The predicted octanol–water partition coefficient (Wildman–Crippen LogP) is 5.07. The molecule has 8 heteroatoms. The highest BCUT2D eigenvalue weighted by Gasteiger charge is 2.36. The van der Waals surface area contributed by atoms with E-state index in [2.05, 4.69) is 26.0 Å².